The third kappa shape index (κ3) is 4.10. The topological polar surface area (TPSA) is 137 Å². The number of aromatic nitrogens is 6. The minimum absolute atomic E-state index is 0.130. The number of benzene rings is 1. The molecule has 0 unspecified atom stereocenters. The first kappa shape index (κ1) is 19.4. The zero-order valence-corrected chi connectivity index (χ0v) is 15.1. The van der Waals surface area contributed by atoms with Crippen LogP contribution < -0.4 is 15.2 Å². The van der Waals surface area contributed by atoms with Gasteiger partial charge in [0.05, 0.1) is 24.3 Å². The Labute approximate surface area is 166 Å². The summed E-state index contributed by atoms with van der Waals surface area (Å²) in [4.78, 5) is 7.93. The maximum atomic E-state index is 12.9. The SMILES string of the molecule is Nc1cc(OCc2ccc(-n3cnc(CO)c3)cc2OC(F)(F)F)c2nn[nH]c2n1. The highest BCUT2D eigenvalue weighted by molar-refractivity contribution is 5.78. The first-order chi connectivity index (χ1) is 14.3. The number of hydrogen-bond donors (Lipinski definition) is 3. The second-order valence-electron chi connectivity index (χ2n) is 6.11. The number of halogens is 3. The number of aliphatic hydroxyl groups excluding tert-OH is 1. The summed E-state index contributed by atoms with van der Waals surface area (Å²) in [5.41, 5.74) is 7.12. The summed E-state index contributed by atoms with van der Waals surface area (Å²) in [6.07, 6.45) is -2.04. The number of pyridine rings is 1. The summed E-state index contributed by atoms with van der Waals surface area (Å²) in [5, 5.41) is 19.1. The molecule has 0 atom stereocenters. The fraction of sp³-hybridized carbons (Fsp3) is 0.176. The van der Waals surface area contributed by atoms with E-state index in [-0.39, 0.29) is 41.5 Å². The molecule has 0 bridgehead atoms. The second kappa shape index (κ2) is 7.51. The number of aliphatic hydroxyl groups is 1. The number of hydrogen-bond acceptors (Lipinski definition) is 8. The number of rotatable bonds is 6. The number of nitrogens with zero attached hydrogens (tertiary/aromatic N) is 5. The minimum Gasteiger partial charge on any atom is -0.486 e. The number of nitrogens with two attached hydrogens (primary N) is 1. The molecular weight excluding hydrogens is 407 g/mol. The van der Waals surface area contributed by atoms with Gasteiger partial charge in [0, 0.05) is 23.9 Å². The van der Waals surface area contributed by atoms with Gasteiger partial charge in [0.15, 0.2) is 16.9 Å². The van der Waals surface area contributed by atoms with Crippen LogP contribution in [0.5, 0.6) is 11.5 Å². The van der Waals surface area contributed by atoms with Crippen LogP contribution in [0.2, 0.25) is 0 Å². The van der Waals surface area contributed by atoms with Crippen LogP contribution in [0.3, 0.4) is 0 Å². The molecule has 3 heterocycles. The minimum atomic E-state index is -4.90. The summed E-state index contributed by atoms with van der Waals surface area (Å²) in [5.74, 6) is -0.112. The Morgan fingerprint density at radius 1 is 1.20 bits per heavy atom. The zero-order chi connectivity index (χ0) is 21.3. The molecule has 0 saturated carbocycles. The Balaban J connectivity index is 1.65. The van der Waals surface area contributed by atoms with E-state index in [2.05, 4.69) is 30.1 Å². The van der Waals surface area contributed by atoms with Gasteiger partial charge in [-0.3, -0.25) is 0 Å². The summed E-state index contributed by atoms with van der Waals surface area (Å²) >= 11 is 0. The highest BCUT2D eigenvalue weighted by Gasteiger charge is 2.32. The van der Waals surface area contributed by atoms with E-state index in [1.807, 2.05) is 0 Å². The van der Waals surface area contributed by atoms with Crippen molar-refractivity contribution in [2.45, 2.75) is 19.6 Å². The Kier molecular flexibility index (Phi) is 4.87. The molecule has 0 aliphatic carbocycles. The van der Waals surface area contributed by atoms with Crippen LogP contribution in [0.15, 0.2) is 36.8 Å². The van der Waals surface area contributed by atoms with Crippen LogP contribution in [-0.4, -0.2) is 41.4 Å². The normalized spacial score (nSPS) is 11.7. The second-order valence-corrected chi connectivity index (χ2v) is 6.11. The number of nitrogen functional groups attached to an aromatic ring is 1. The van der Waals surface area contributed by atoms with E-state index in [4.69, 9.17) is 15.6 Å². The van der Waals surface area contributed by atoms with Crippen molar-refractivity contribution in [1.29, 1.82) is 0 Å². The van der Waals surface area contributed by atoms with E-state index < -0.39 is 12.1 Å². The number of fused-ring (bicyclic) bond motifs is 1. The predicted octanol–water partition coefficient (Wildman–Crippen LogP) is 2.09. The van der Waals surface area contributed by atoms with Gasteiger partial charge in [0.25, 0.3) is 0 Å². The fourth-order valence-corrected chi connectivity index (χ4v) is 2.73. The summed E-state index contributed by atoms with van der Waals surface area (Å²) in [6, 6.07) is 5.59. The van der Waals surface area contributed by atoms with Gasteiger partial charge in [0.1, 0.15) is 18.2 Å². The quantitative estimate of drug-likeness (QED) is 0.430. The molecule has 0 amide bonds. The molecule has 156 valence electrons. The van der Waals surface area contributed by atoms with Gasteiger partial charge in [-0.25, -0.2) is 15.1 Å². The van der Waals surface area contributed by atoms with Crippen LogP contribution >= 0.6 is 0 Å². The molecule has 4 aromatic rings. The zero-order valence-electron chi connectivity index (χ0n) is 15.1. The van der Waals surface area contributed by atoms with Gasteiger partial charge in [-0.2, -0.15) is 0 Å². The van der Waals surface area contributed by atoms with Gasteiger partial charge in [0.2, 0.25) is 0 Å². The molecule has 0 fully saturated rings. The summed E-state index contributed by atoms with van der Waals surface area (Å²) in [6.45, 7) is -0.556. The lowest BCUT2D eigenvalue weighted by molar-refractivity contribution is -0.275. The monoisotopic (exact) mass is 421 g/mol. The smallest absolute Gasteiger partial charge is 0.486 e. The molecule has 0 saturated heterocycles. The highest BCUT2D eigenvalue weighted by Crippen LogP contribution is 2.31. The van der Waals surface area contributed by atoms with E-state index in [1.165, 1.54) is 35.3 Å². The van der Waals surface area contributed by atoms with Crippen LogP contribution in [-0.2, 0) is 13.2 Å². The molecule has 13 heteroatoms. The molecule has 4 N–H and O–H groups in total. The van der Waals surface area contributed by atoms with Crippen molar-refractivity contribution < 1.29 is 27.8 Å². The van der Waals surface area contributed by atoms with Gasteiger partial charge >= 0.3 is 6.36 Å². The van der Waals surface area contributed by atoms with Crippen LogP contribution in [0.25, 0.3) is 16.9 Å². The van der Waals surface area contributed by atoms with Gasteiger partial charge in [-0.1, -0.05) is 5.21 Å². The average Bonchev–Trinajstić information content (AvgIpc) is 3.34. The largest absolute Gasteiger partial charge is 0.573 e. The average molecular weight is 421 g/mol. The van der Waals surface area contributed by atoms with Crippen molar-refractivity contribution in [1.82, 2.24) is 29.9 Å². The molecule has 1 aromatic carbocycles. The molecule has 0 aliphatic rings. The first-order valence-electron chi connectivity index (χ1n) is 8.45. The molecule has 0 aliphatic heterocycles. The van der Waals surface area contributed by atoms with E-state index in [9.17, 15) is 13.2 Å². The Morgan fingerprint density at radius 3 is 2.77 bits per heavy atom. The fourth-order valence-electron chi connectivity index (χ4n) is 2.73. The van der Waals surface area contributed by atoms with Gasteiger partial charge < -0.3 is 24.9 Å². The van der Waals surface area contributed by atoms with Crippen molar-refractivity contribution in [3.8, 4) is 17.2 Å². The van der Waals surface area contributed by atoms with Crippen molar-refractivity contribution in [2.24, 2.45) is 0 Å². The Morgan fingerprint density at radius 2 is 2.03 bits per heavy atom. The van der Waals surface area contributed by atoms with Crippen molar-refractivity contribution in [3.05, 3.63) is 48.0 Å². The number of ether oxygens (including phenoxy) is 2. The maximum absolute atomic E-state index is 12.9. The molecule has 30 heavy (non-hydrogen) atoms. The number of anilines is 1. The van der Waals surface area contributed by atoms with Crippen molar-refractivity contribution >= 4 is 17.0 Å². The number of imidazole rings is 1. The van der Waals surface area contributed by atoms with Crippen LogP contribution in [0, 0.1) is 0 Å². The Bertz CT molecular complexity index is 1190. The van der Waals surface area contributed by atoms with Gasteiger partial charge in [-0.05, 0) is 12.1 Å². The van der Waals surface area contributed by atoms with Crippen molar-refractivity contribution in [3.63, 3.8) is 0 Å². The van der Waals surface area contributed by atoms with Crippen LogP contribution in [0.4, 0.5) is 19.0 Å². The molecule has 0 spiro atoms. The lowest BCUT2D eigenvalue weighted by atomic mass is 10.2. The third-order valence-electron chi connectivity index (χ3n) is 4.04. The standard InChI is InChI=1S/C17H14F3N7O3/c18-17(19,20)30-12-3-11(27-5-10(6-28)22-8-27)2-1-9(12)7-29-13-4-14(21)23-16-15(13)24-26-25-16/h1-5,8,28H,6-7H2,(H3,21,23,24,25,26). The number of H-pyrrole nitrogens is 1. The van der Waals surface area contributed by atoms with Gasteiger partial charge in [-0.15, -0.1) is 18.3 Å². The molecule has 0 radical (unpaired) electrons. The highest BCUT2D eigenvalue weighted by atomic mass is 19.4. The third-order valence-corrected chi connectivity index (χ3v) is 4.04. The number of nitrogens with one attached hydrogen (secondary N) is 1. The summed E-state index contributed by atoms with van der Waals surface area (Å²) < 4.78 is 50.1. The van der Waals surface area contributed by atoms with Crippen molar-refractivity contribution in [2.75, 3.05) is 5.73 Å². The predicted molar refractivity (Wildman–Crippen MR) is 96.6 cm³/mol. The number of aromatic amines is 1. The van der Waals surface area contributed by atoms with E-state index >= 15 is 0 Å². The van der Waals surface area contributed by atoms with Crippen LogP contribution in [0.1, 0.15) is 11.3 Å². The maximum Gasteiger partial charge on any atom is 0.573 e. The number of alkyl halides is 3. The van der Waals surface area contributed by atoms with E-state index in [0.29, 0.717) is 11.4 Å². The molecule has 10 nitrogen and oxygen atoms in total. The molecule has 4 rings (SSSR count). The lowest BCUT2D eigenvalue weighted by Crippen LogP contribution is -2.18. The first-order valence-corrected chi connectivity index (χ1v) is 8.45. The Hall–Kier alpha value is -3.87. The van der Waals surface area contributed by atoms with E-state index in [0.717, 1.165) is 0 Å². The summed E-state index contributed by atoms with van der Waals surface area (Å²) in [7, 11) is 0. The van der Waals surface area contributed by atoms with E-state index in [1.54, 1.807) is 6.07 Å². The molecular formula is C17H14F3N7O3. The lowest BCUT2D eigenvalue weighted by Gasteiger charge is -2.16. The molecule has 3 aromatic heterocycles.